The van der Waals surface area contributed by atoms with E-state index in [1.54, 1.807) is 28.4 Å². The van der Waals surface area contributed by atoms with Crippen molar-refractivity contribution < 1.29 is 23.7 Å². The van der Waals surface area contributed by atoms with Crippen molar-refractivity contribution in [2.75, 3.05) is 28.4 Å². The standard InChI is InChI=1S/C28H34O5/c1-8-19-10-22(12-20-9-17(2)18(3)24(14-20)30-4)27(29)23(11-19)13-21-15-25(31-5)28(33-7)26(16-21)32-6/h9,12-16,19H,8,10-11H2,1-7H3/b22-12+,23-13+. The van der Waals surface area contributed by atoms with E-state index >= 15 is 0 Å². The van der Waals surface area contributed by atoms with Crippen LogP contribution in [0.2, 0.25) is 0 Å². The van der Waals surface area contributed by atoms with E-state index in [0.717, 1.165) is 58.4 Å². The smallest absolute Gasteiger partial charge is 0.203 e. The number of methoxy groups -OCH3 is 4. The summed E-state index contributed by atoms with van der Waals surface area (Å²) in [5.41, 5.74) is 5.72. The van der Waals surface area contributed by atoms with Gasteiger partial charge >= 0.3 is 0 Å². The number of ether oxygens (including phenoxy) is 4. The molecule has 0 heterocycles. The first kappa shape index (κ1) is 24.4. The van der Waals surface area contributed by atoms with Crippen LogP contribution in [0.15, 0.2) is 35.4 Å². The minimum atomic E-state index is 0.0886. The van der Waals surface area contributed by atoms with Crippen molar-refractivity contribution in [3.8, 4) is 23.0 Å². The summed E-state index contributed by atoms with van der Waals surface area (Å²) in [5.74, 6) is 3.01. The number of Topliss-reactive ketones (excluding diaryl/α,β-unsaturated/α-hetero) is 1. The molecule has 5 heteroatoms. The molecule has 3 rings (SSSR count). The van der Waals surface area contributed by atoms with Crippen LogP contribution < -0.4 is 18.9 Å². The molecule has 5 nitrogen and oxygen atoms in total. The molecule has 2 aromatic rings. The van der Waals surface area contributed by atoms with E-state index in [0.29, 0.717) is 23.2 Å². The molecule has 2 aromatic carbocycles. The fraction of sp³-hybridized carbons (Fsp3) is 0.393. The van der Waals surface area contributed by atoms with Crippen molar-refractivity contribution in [1.29, 1.82) is 0 Å². The average molecular weight is 451 g/mol. The Balaban J connectivity index is 2.04. The summed E-state index contributed by atoms with van der Waals surface area (Å²) >= 11 is 0. The van der Waals surface area contributed by atoms with Crippen LogP contribution in [0.4, 0.5) is 0 Å². The third-order valence-electron chi connectivity index (χ3n) is 6.41. The monoisotopic (exact) mass is 450 g/mol. The lowest BCUT2D eigenvalue weighted by molar-refractivity contribution is -0.113. The number of carbonyl (C=O) groups is 1. The number of hydrogen-bond donors (Lipinski definition) is 0. The van der Waals surface area contributed by atoms with Crippen LogP contribution in [0.5, 0.6) is 23.0 Å². The number of rotatable bonds is 7. The number of ketones is 1. The van der Waals surface area contributed by atoms with Crippen LogP contribution in [0.1, 0.15) is 48.4 Å². The summed E-state index contributed by atoms with van der Waals surface area (Å²) in [7, 11) is 6.43. The summed E-state index contributed by atoms with van der Waals surface area (Å²) in [5, 5.41) is 0. The van der Waals surface area contributed by atoms with Crippen LogP contribution in [-0.4, -0.2) is 34.2 Å². The molecule has 0 spiro atoms. The molecule has 1 atom stereocenters. The molecule has 0 saturated heterocycles. The zero-order valence-corrected chi connectivity index (χ0v) is 20.7. The number of hydrogen-bond acceptors (Lipinski definition) is 5. The molecular formula is C28H34O5. The molecule has 176 valence electrons. The van der Waals surface area contributed by atoms with E-state index in [4.69, 9.17) is 18.9 Å². The molecule has 0 N–H and O–H groups in total. The fourth-order valence-electron chi connectivity index (χ4n) is 4.36. The Morgan fingerprint density at radius 1 is 0.788 bits per heavy atom. The van der Waals surface area contributed by atoms with Crippen molar-refractivity contribution in [2.24, 2.45) is 5.92 Å². The highest BCUT2D eigenvalue weighted by atomic mass is 16.5. The van der Waals surface area contributed by atoms with Gasteiger partial charge in [0.05, 0.1) is 28.4 Å². The summed E-state index contributed by atoms with van der Waals surface area (Å²) in [6.45, 7) is 6.28. The number of aryl methyl sites for hydroxylation is 1. The largest absolute Gasteiger partial charge is 0.496 e. The maximum atomic E-state index is 13.5. The molecule has 1 unspecified atom stereocenters. The van der Waals surface area contributed by atoms with Crippen molar-refractivity contribution in [2.45, 2.75) is 40.0 Å². The first-order valence-corrected chi connectivity index (χ1v) is 11.3. The lowest BCUT2D eigenvalue weighted by Gasteiger charge is -2.25. The van der Waals surface area contributed by atoms with Crippen molar-refractivity contribution in [1.82, 2.24) is 0 Å². The normalized spacial score (nSPS) is 18.5. The van der Waals surface area contributed by atoms with Crippen molar-refractivity contribution in [3.05, 3.63) is 57.7 Å². The lowest BCUT2D eigenvalue weighted by Crippen LogP contribution is -2.19. The second-order valence-corrected chi connectivity index (χ2v) is 8.47. The average Bonchev–Trinajstić information content (AvgIpc) is 2.82. The summed E-state index contributed by atoms with van der Waals surface area (Å²) in [6, 6.07) is 7.85. The highest BCUT2D eigenvalue weighted by Crippen LogP contribution is 2.40. The molecule has 1 aliphatic carbocycles. The summed E-state index contributed by atoms with van der Waals surface area (Å²) < 4.78 is 21.9. The third-order valence-corrected chi connectivity index (χ3v) is 6.41. The van der Waals surface area contributed by atoms with Gasteiger partial charge in [0.1, 0.15) is 5.75 Å². The first-order valence-electron chi connectivity index (χ1n) is 11.3. The maximum absolute atomic E-state index is 13.5. The number of carbonyl (C=O) groups excluding carboxylic acids is 1. The second kappa shape index (κ2) is 10.6. The van der Waals surface area contributed by atoms with E-state index in [9.17, 15) is 4.79 Å². The van der Waals surface area contributed by atoms with Crippen LogP contribution >= 0.6 is 0 Å². The van der Waals surface area contributed by atoms with Gasteiger partial charge in [-0.1, -0.05) is 19.4 Å². The lowest BCUT2D eigenvalue weighted by atomic mass is 9.78. The zero-order chi connectivity index (χ0) is 24.1. The van der Waals surface area contributed by atoms with Gasteiger partial charge in [0, 0.05) is 11.1 Å². The van der Waals surface area contributed by atoms with E-state index in [1.807, 2.05) is 37.3 Å². The molecule has 1 aliphatic rings. The minimum absolute atomic E-state index is 0.0886. The highest BCUT2D eigenvalue weighted by molar-refractivity contribution is 6.14. The Kier molecular flexibility index (Phi) is 7.85. The molecule has 0 aromatic heterocycles. The second-order valence-electron chi connectivity index (χ2n) is 8.47. The first-order chi connectivity index (χ1) is 15.8. The number of allylic oxidation sites excluding steroid dienone is 2. The predicted octanol–water partition coefficient (Wildman–Crippen LogP) is 6.19. The van der Waals surface area contributed by atoms with Crippen LogP contribution in [0.3, 0.4) is 0 Å². The Labute approximate surface area is 197 Å². The van der Waals surface area contributed by atoms with E-state index in [2.05, 4.69) is 19.9 Å². The molecular weight excluding hydrogens is 416 g/mol. The van der Waals surface area contributed by atoms with Gasteiger partial charge < -0.3 is 18.9 Å². The third kappa shape index (κ3) is 5.24. The van der Waals surface area contributed by atoms with E-state index in [1.165, 1.54) is 0 Å². The SMILES string of the molecule is CCC1C/C(=C\c2cc(C)c(C)c(OC)c2)C(=O)/C(=C/c2cc(OC)c(OC)c(OC)c2)C1. The quantitative estimate of drug-likeness (QED) is 0.471. The molecule has 0 aliphatic heterocycles. The van der Waals surface area contributed by atoms with E-state index in [-0.39, 0.29) is 5.78 Å². The van der Waals surface area contributed by atoms with Gasteiger partial charge in [0.25, 0.3) is 0 Å². The van der Waals surface area contributed by atoms with Gasteiger partial charge in [-0.3, -0.25) is 4.79 Å². The Bertz CT molecular complexity index is 1070. The van der Waals surface area contributed by atoms with Gasteiger partial charge in [-0.25, -0.2) is 0 Å². The van der Waals surface area contributed by atoms with Crippen LogP contribution in [0.25, 0.3) is 12.2 Å². The minimum Gasteiger partial charge on any atom is -0.496 e. The molecule has 0 amide bonds. The van der Waals surface area contributed by atoms with Gasteiger partial charge in [-0.05, 0) is 85.2 Å². The fourth-order valence-corrected chi connectivity index (χ4v) is 4.36. The predicted molar refractivity (Wildman–Crippen MR) is 133 cm³/mol. The molecule has 0 radical (unpaired) electrons. The Hall–Kier alpha value is -3.21. The van der Waals surface area contributed by atoms with Crippen LogP contribution in [0, 0.1) is 19.8 Å². The summed E-state index contributed by atoms with van der Waals surface area (Å²) in [4.78, 5) is 13.5. The van der Waals surface area contributed by atoms with E-state index < -0.39 is 0 Å². The van der Waals surface area contributed by atoms with Gasteiger partial charge in [0.2, 0.25) is 5.75 Å². The zero-order valence-electron chi connectivity index (χ0n) is 20.7. The Morgan fingerprint density at radius 2 is 1.27 bits per heavy atom. The molecule has 33 heavy (non-hydrogen) atoms. The number of benzene rings is 2. The molecule has 1 saturated carbocycles. The highest BCUT2D eigenvalue weighted by Gasteiger charge is 2.27. The van der Waals surface area contributed by atoms with Gasteiger partial charge in [0.15, 0.2) is 17.3 Å². The maximum Gasteiger partial charge on any atom is 0.203 e. The topological polar surface area (TPSA) is 54.0 Å². The summed E-state index contributed by atoms with van der Waals surface area (Å²) in [6.07, 6.45) is 6.50. The van der Waals surface area contributed by atoms with Crippen molar-refractivity contribution >= 4 is 17.9 Å². The van der Waals surface area contributed by atoms with Crippen molar-refractivity contribution in [3.63, 3.8) is 0 Å². The van der Waals surface area contributed by atoms with Gasteiger partial charge in [-0.2, -0.15) is 0 Å². The molecule has 1 fully saturated rings. The molecule has 0 bridgehead atoms. The van der Waals surface area contributed by atoms with Gasteiger partial charge in [-0.15, -0.1) is 0 Å². The van der Waals surface area contributed by atoms with Crippen LogP contribution in [-0.2, 0) is 4.79 Å². The Morgan fingerprint density at radius 3 is 1.73 bits per heavy atom.